The number of amides is 1. The Balaban J connectivity index is 1.89. The zero-order valence-corrected chi connectivity index (χ0v) is 18.9. The summed E-state index contributed by atoms with van der Waals surface area (Å²) < 4.78 is 41.0. The van der Waals surface area contributed by atoms with E-state index >= 15 is 0 Å². The van der Waals surface area contributed by atoms with Crippen molar-refractivity contribution in [2.75, 3.05) is 0 Å². The molecule has 0 spiro atoms. The smallest absolute Gasteiger partial charge is 0.345 e. The molecular weight excluding hydrogens is 495 g/mol. The van der Waals surface area contributed by atoms with Gasteiger partial charge in [0.15, 0.2) is 0 Å². The molecule has 0 saturated carbocycles. The lowest BCUT2D eigenvalue weighted by atomic mass is 9.99. The Hall–Kier alpha value is -2.32. The first-order chi connectivity index (χ1) is 14.7. The van der Waals surface area contributed by atoms with Gasteiger partial charge in [-0.3, -0.25) is 4.79 Å². The molecule has 31 heavy (non-hydrogen) atoms. The van der Waals surface area contributed by atoms with Gasteiger partial charge >= 0.3 is 6.18 Å². The van der Waals surface area contributed by atoms with Gasteiger partial charge < -0.3 is 5.32 Å². The summed E-state index contributed by atoms with van der Waals surface area (Å²) in [4.78, 5) is 13.0. The summed E-state index contributed by atoms with van der Waals surface area (Å²) in [5.74, 6) is -0.398. The first kappa shape index (κ1) is 23.3. The highest BCUT2D eigenvalue weighted by Crippen LogP contribution is 2.32. The molecule has 3 aromatic rings. The summed E-state index contributed by atoms with van der Waals surface area (Å²) in [7, 11) is 0. The molecule has 0 fully saturated rings. The van der Waals surface area contributed by atoms with E-state index in [0.29, 0.717) is 40.0 Å². The summed E-state index contributed by atoms with van der Waals surface area (Å²) in [6, 6.07) is 11.5. The van der Waals surface area contributed by atoms with Crippen LogP contribution in [0.2, 0.25) is 5.02 Å². The van der Waals surface area contributed by atoms with Crippen LogP contribution in [0.25, 0.3) is 5.69 Å². The third-order valence-electron chi connectivity index (χ3n) is 4.81. The summed E-state index contributed by atoms with van der Waals surface area (Å²) >= 11 is 9.34. The number of rotatable bonds is 7. The third-order valence-corrected chi connectivity index (χ3v) is 5.59. The van der Waals surface area contributed by atoms with E-state index in [-0.39, 0.29) is 0 Å². The number of aromatic nitrogens is 2. The van der Waals surface area contributed by atoms with Gasteiger partial charge in [0.25, 0.3) is 5.91 Å². The van der Waals surface area contributed by atoms with Gasteiger partial charge in [0.1, 0.15) is 0 Å². The monoisotopic (exact) mass is 513 g/mol. The summed E-state index contributed by atoms with van der Waals surface area (Å²) in [6.45, 7) is 1.91. The van der Waals surface area contributed by atoms with Crippen molar-refractivity contribution in [3.63, 3.8) is 0 Å². The molecule has 9 heteroatoms. The van der Waals surface area contributed by atoms with E-state index in [2.05, 4.69) is 26.3 Å². The van der Waals surface area contributed by atoms with Crippen molar-refractivity contribution in [3.05, 3.63) is 82.1 Å². The predicted molar refractivity (Wildman–Crippen MR) is 118 cm³/mol. The van der Waals surface area contributed by atoms with Crippen molar-refractivity contribution in [1.29, 1.82) is 0 Å². The fraction of sp³-hybridized carbons (Fsp3) is 0.273. The molecule has 2 aromatic carbocycles. The van der Waals surface area contributed by atoms with Crippen molar-refractivity contribution in [3.8, 4) is 5.69 Å². The highest BCUT2D eigenvalue weighted by atomic mass is 79.9. The van der Waals surface area contributed by atoms with Gasteiger partial charge in [-0.25, -0.2) is 4.68 Å². The van der Waals surface area contributed by atoms with Crippen LogP contribution in [-0.4, -0.2) is 15.7 Å². The molecule has 0 aliphatic rings. The lowest BCUT2D eigenvalue weighted by Gasteiger charge is -2.20. The van der Waals surface area contributed by atoms with Crippen molar-refractivity contribution in [2.45, 2.75) is 37.3 Å². The van der Waals surface area contributed by atoms with Crippen LogP contribution in [0.1, 0.15) is 53.0 Å². The van der Waals surface area contributed by atoms with Crippen LogP contribution in [0.3, 0.4) is 0 Å². The molecule has 164 valence electrons. The molecule has 1 atom stereocenters. The Bertz CT molecular complexity index is 1050. The molecule has 0 radical (unpaired) electrons. The van der Waals surface area contributed by atoms with Gasteiger partial charge in [0, 0.05) is 10.4 Å². The average Bonchev–Trinajstić information content (AvgIpc) is 3.17. The van der Waals surface area contributed by atoms with Gasteiger partial charge in [0.2, 0.25) is 0 Å². The van der Waals surface area contributed by atoms with Crippen LogP contribution in [0, 0.1) is 0 Å². The van der Waals surface area contributed by atoms with Crippen LogP contribution in [-0.2, 0) is 11.5 Å². The molecule has 1 N–H and O–H groups in total. The fourth-order valence-electron chi connectivity index (χ4n) is 3.28. The fourth-order valence-corrected chi connectivity index (χ4v) is 3.94. The number of benzene rings is 2. The van der Waals surface area contributed by atoms with E-state index in [1.807, 2.05) is 6.92 Å². The topological polar surface area (TPSA) is 46.9 Å². The number of carbonyl (C=O) groups excluding carboxylic acids is 1. The second-order valence-electron chi connectivity index (χ2n) is 6.96. The zero-order chi connectivity index (χ0) is 22.6. The third kappa shape index (κ3) is 5.49. The molecular formula is C22H20BrClF3N3O. The number of hydrogen-bond donors (Lipinski definition) is 1. The quantitative estimate of drug-likeness (QED) is 0.356. The summed E-state index contributed by atoms with van der Waals surface area (Å²) in [5.41, 5.74) is 1.38. The van der Waals surface area contributed by atoms with E-state index in [0.717, 1.165) is 17.8 Å². The van der Waals surface area contributed by atoms with Crippen molar-refractivity contribution in [1.82, 2.24) is 15.1 Å². The second kappa shape index (κ2) is 9.87. The molecule has 0 saturated heterocycles. The van der Waals surface area contributed by atoms with Crippen molar-refractivity contribution in [2.24, 2.45) is 0 Å². The maximum absolute atomic E-state index is 13.1. The van der Waals surface area contributed by atoms with Crippen LogP contribution in [0.15, 0.2) is 54.7 Å². The summed E-state index contributed by atoms with van der Waals surface area (Å²) in [5, 5.41) is 8.13. The molecule has 3 rings (SSSR count). The first-order valence-corrected chi connectivity index (χ1v) is 11.1. The van der Waals surface area contributed by atoms with Crippen LogP contribution in [0.5, 0.6) is 0 Å². The van der Waals surface area contributed by atoms with Crippen molar-refractivity contribution < 1.29 is 18.0 Å². The number of halogens is 5. The predicted octanol–water partition coefficient (Wildman–Crippen LogP) is 6.71. The van der Waals surface area contributed by atoms with Crippen LogP contribution >= 0.6 is 27.5 Å². The molecule has 1 amide bonds. The molecule has 0 aliphatic carbocycles. The lowest BCUT2D eigenvalue weighted by Crippen LogP contribution is -2.29. The molecule has 0 bridgehead atoms. The maximum atomic E-state index is 13.1. The van der Waals surface area contributed by atoms with Gasteiger partial charge in [-0.05, 0) is 48.4 Å². The second-order valence-corrected chi connectivity index (χ2v) is 7.96. The highest BCUT2D eigenvalue weighted by molar-refractivity contribution is 9.08. The largest absolute Gasteiger partial charge is 0.416 e. The molecule has 1 heterocycles. The molecule has 1 unspecified atom stereocenters. The van der Waals surface area contributed by atoms with Gasteiger partial charge in [-0.2, -0.15) is 18.3 Å². The standard InChI is InChI=1S/C22H20BrClF3N3O/c1-2-4-19(14-5-3-6-15(11-14)22(25,26)27)29-21(31)18-13-28-30(20(18)12-23)17-9-7-16(24)8-10-17/h3,5-11,13,19H,2,4,12H2,1H3,(H,29,31). The minimum atomic E-state index is -4.44. The average molecular weight is 515 g/mol. The van der Waals surface area contributed by atoms with E-state index < -0.39 is 23.7 Å². The Labute approximate surface area is 191 Å². The number of hydrogen-bond acceptors (Lipinski definition) is 2. The van der Waals surface area contributed by atoms with Gasteiger partial charge in [-0.1, -0.05) is 53.0 Å². The Morgan fingerprint density at radius 1 is 1.23 bits per heavy atom. The number of carbonyl (C=O) groups is 1. The molecule has 1 aromatic heterocycles. The SMILES string of the molecule is CCCC(NC(=O)c1cnn(-c2ccc(Cl)cc2)c1CBr)c1cccc(C(F)(F)F)c1. The van der Waals surface area contributed by atoms with Gasteiger partial charge in [-0.15, -0.1) is 0 Å². The Morgan fingerprint density at radius 2 is 1.94 bits per heavy atom. The van der Waals surface area contributed by atoms with Crippen molar-refractivity contribution >= 4 is 33.4 Å². The Morgan fingerprint density at radius 3 is 2.55 bits per heavy atom. The Kier molecular flexibility index (Phi) is 7.43. The van der Waals surface area contributed by atoms with E-state index in [9.17, 15) is 18.0 Å². The zero-order valence-electron chi connectivity index (χ0n) is 16.6. The minimum Gasteiger partial charge on any atom is -0.345 e. The first-order valence-electron chi connectivity index (χ1n) is 9.61. The highest BCUT2D eigenvalue weighted by Gasteiger charge is 2.31. The summed E-state index contributed by atoms with van der Waals surface area (Å²) in [6.07, 6.45) is -1.80. The minimum absolute atomic E-state index is 0.347. The molecule has 4 nitrogen and oxygen atoms in total. The van der Waals surface area contributed by atoms with Crippen LogP contribution in [0.4, 0.5) is 13.2 Å². The number of nitrogens with one attached hydrogen (secondary N) is 1. The van der Waals surface area contributed by atoms with Gasteiger partial charge in [0.05, 0.1) is 34.7 Å². The number of alkyl halides is 4. The van der Waals surface area contributed by atoms with E-state index in [1.54, 1.807) is 35.0 Å². The maximum Gasteiger partial charge on any atom is 0.416 e. The van der Waals surface area contributed by atoms with E-state index in [1.165, 1.54) is 12.3 Å². The van der Waals surface area contributed by atoms with Crippen LogP contribution < -0.4 is 5.32 Å². The number of nitrogens with zero attached hydrogens (tertiary/aromatic N) is 2. The normalized spacial score (nSPS) is 12.6. The molecule has 0 aliphatic heterocycles. The lowest BCUT2D eigenvalue weighted by molar-refractivity contribution is -0.137. The van der Waals surface area contributed by atoms with E-state index in [4.69, 9.17) is 11.6 Å².